The highest BCUT2D eigenvalue weighted by atomic mass is 28.4. The van der Waals surface area contributed by atoms with Crippen molar-refractivity contribution in [3.63, 3.8) is 0 Å². The van der Waals surface area contributed by atoms with E-state index in [0.29, 0.717) is 23.5 Å². The van der Waals surface area contributed by atoms with Crippen molar-refractivity contribution in [2.75, 3.05) is 26.2 Å². The molecule has 2 atom stereocenters. The lowest BCUT2D eigenvalue weighted by atomic mass is 9.78. The fourth-order valence-electron chi connectivity index (χ4n) is 8.00. The number of amides is 1. The van der Waals surface area contributed by atoms with Crippen LogP contribution in [0.4, 0.5) is 4.79 Å². The largest absolute Gasteiger partial charge is 0.444 e. The molecule has 2 saturated heterocycles. The number of ether oxygens (including phenoxy) is 1. The highest BCUT2D eigenvalue weighted by Crippen LogP contribution is 2.49. The van der Waals surface area contributed by atoms with Crippen molar-refractivity contribution in [3.05, 3.63) is 40.0 Å². The van der Waals surface area contributed by atoms with E-state index < -0.39 is 13.9 Å². The third kappa shape index (κ3) is 6.82. The quantitative estimate of drug-likeness (QED) is 0.313. The van der Waals surface area contributed by atoms with Crippen molar-refractivity contribution < 1.29 is 14.0 Å². The summed E-state index contributed by atoms with van der Waals surface area (Å²) in [7, 11) is -1.79. The molecular weight excluding hydrogens is 549 g/mol. The van der Waals surface area contributed by atoms with E-state index in [9.17, 15) is 4.79 Å². The maximum absolute atomic E-state index is 12.5. The molecule has 2 aliphatic carbocycles. The van der Waals surface area contributed by atoms with Crippen LogP contribution in [0, 0.1) is 26.2 Å². The average Bonchev–Trinajstić information content (AvgIpc) is 3.52. The van der Waals surface area contributed by atoms with Crippen molar-refractivity contribution in [2.24, 2.45) is 5.41 Å². The minimum Gasteiger partial charge on any atom is -0.444 e. The van der Waals surface area contributed by atoms with Crippen molar-refractivity contribution in [2.45, 2.75) is 149 Å². The van der Waals surface area contributed by atoms with Gasteiger partial charge in [0.25, 0.3) is 0 Å². The second kappa shape index (κ2) is 11.6. The molecule has 6 heteroatoms. The molecule has 1 saturated carbocycles. The lowest BCUT2D eigenvalue weighted by molar-refractivity contribution is -0.0347. The van der Waals surface area contributed by atoms with Gasteiger partial charge < -0.3 is 19.0 Å². The minimum absolute atomic E-state index is 0.142. The number of carbonyl (C=O) groups is 1. The Hall–Kier alpha value is -1.63. The van der Waals surface area contributed by atoms with Crippen LogP contribution in [0.15, 0.2) is 12.1 Å². The van der Waals surface area contributed by atoms with Gasteiger partial charge in [0.05, 0.1) is 6.10 Å². The molecule has 1 unspecified atom stereocenters. The van der Waals surface area contributed by atoms with Crippen LogP contribution in [0.5, 0.6) is 0 Å². The highest BCUT2D eigenvalue weighted by Gasteiger charge is 2.51. The molecule has 0 bridgehead atoms. The molecule has 2 heterocycles. The van der Waals surface area contributed by atoms with Crippen LogP contribution in [0.3, 0.4) is 0 Å². The van der Waals surface area contributed by atoms with E-state index in [-0.39, 0.29) is 11.1 Å². The molecule has 5 rings (SSSR count). The lowest BCUT2D eigenvalue weighted by Crippen LogP contribution is -2.58. The van der Waals surface area contributed by atoms with Crippen LogP contribution in [-0.4, -0.2) is 68.1 Å². The Morgan fingerprint density at radius 2 is 1.63 bits per heavy atom. The first-order chi connectivity index (χ1) is 19.9. The molecule has 0 aromatic heterocycles. The molecule has 0 radical (unpaired) electrons. The molecule has 5 nitrogen and oxygen atoms in total. The first-order valence-corrected chi connectivity index (χ1v) is 20.0. The standard InChI is InChI=1S/C37H60N2O3Si/c1-25-20-32(33(27(3)26(25)2)29-12-13-31(21-29)42-43(10,11)36(7,8)9)28-15-18-38(19-16-28)30-14-17-37(22-30)23-39(24-37)34(40)41-35(4,5)6/h12,20,28,30-31H,13-19,21-24H2,1-11H3/t30-,31?/m1/s1. The van der Waals surface area contributed by atoms with Crippen LogP contribution < -0.4 is 0 Å². The van der Waals surface area contributed by atoms with Crippen molar-refractivity contribution in [1.82, 2.24) is 9.80 Å². The summed E-state index contributed by atoms with van der Waals surface area (Å²) in [4.78, 5) is 17.2. The number of carbonyl (C=O) groups excluding carboxylic acids is 1. The summed E-state index contributed by atoms with van der Waals surface area (Å²) in [5.41, 5.74) is 8.91. The average molecular weight is 609 g/mol. The number of rotatable bonds is 5. The van der Waals surface area contributed by atoms with Gasteiger partial charge >= 0.3 is 6.09 Å². The summed E-state index contributed by atoms with van der Waals surface area (Å²) in [5, 5.41) is 0.236. The van der Waals surface area contributed by atoms with Gasteiger partial charge in [-0.05, 0) is 157 Å². The monoisotopic (exact) mass is 608 g/mol. The lowest BCUT2D eigenvalue weighted by Gasteiger charge is -2.48. The SMILES string of the molecule is Cc1cc(C2CCN([C@@H]3CCC4(C3)CN(C(=O)OC(C)(C)C)C4)CC2)c(C2=CCC(O[Si](C)(C)C(C)(C)C)C2)c(C)c1C. The molecule has 2 aliphatic heterocycles. The fraction of sp³-hybridized carbons (Fsp3) is 0.757. The number of hydrogen-bond acceptors (Lipinski definition) is 4. The molecule has 1 spiro atoms. The van der Waals surface area contributed by atoms with Gasteiger partial charge in [0.2, 0.25) is 0 Å². The van der Waals surface area contributed by atoms with Gasteiger partial charge in [-0.2, -0.15) is 0 Å². The molecule has 1 aromatic rings. The zero-order valence-electron chi connectivity index (χ0n) is 29.3. The Balaban J connectivity index is 1.22. The van der Waals surface area contributed by atoms with Gasteiger partial charge in [-0.15, -0.1) is 0 Å². The Labute approximate surface area is 263 Å². The van der Waals surface area contributed by atoms with Crippen LogP contribution in [0.1, 0.15) is 120 Å². The van der Waals surface area contributed by atoms with Crippen LogP contribution in [-0.2, 0) is 9.16 Å². The number of benzene rings is 1. The van der Waals surface area contributed by atoms with Gasteiger partial charge in [-0.1, -0.05) is 32.9 Å². The number of likely N-dealkylation sites (tertiary alicyclic amines) is 2. The molecule has 3 fully saturated rings. The number of piperidine rings is 1. The van der Waals surface area contributed by atoms with E-state index in [1.807, 2.05) is 25.7 Å². The van der Waals surface area contributed by atoms with Crippen molar-refractivity contribution in [1.29, 1.82) is 0 Å². The highest BCUT2D eigenvalue weighted by molar-refractivity contribution is 6.74. The molecule has 43 heavy (non-hydrogen) atoms. The normalized spacial score (nSPS) is 25.3. The van der Waals surface area contributed by atoms with E-state index in [1.54, 1.807) is 11.1 Å². The fourth-order valence-corrected chi connectivity index (χ4v) is 9.37. The third-order valence-corrected chi connectivity index (χ3v) is 16.3. The van der Waals surface area contributed by atoms with Crippen molar-refractivity contribution in [3.8, 4) is 0 Å². The molecule has 1 amide bonds. The van der Waals surface area contributed by atoms with E-state index in [2.05, 4.69) is 71.7 Å². The van der Waals surface area contributed by atoms with Crippen LogP contribution in [0.25, 0.3) is 5.57 Å². The van der Waals surface area contributed by atoms with Crippen LogP contribution in [0.2, 0.25) is 18.1 Å². The first kappa shape index (κ1) is 32.8. The van der Waals surface area contributed by atoms with Gasteiger partial charge in [-0.3, -0.25) is 0 Å². The Bertz CT molecular complexity index is 1240. The van der Waals surface area contributed by atoms with E-state index in [0.717, 1.165) is 25.9 Å². The zero-order chi connectivity index (χ0) is 31.5. The molecule has 1 aromatic carbocycles. The molecule has 240 valence electrons. The summed E-state index contributed by atoms with van der Waals surface area (Å²) in [5.74, 6) is 0.618. The second-order valence-electron chi connectivity index (χ2n) is 17.1. The first-order valence-electron chi connectivity index (χ1n) is 17.1. The summed E-state index contributed by atoms with van der Waals surface area (Å²) in [6.07, 6.45) is 11.0. The Kier molecular flexibility index (Phi) is 8.85. The number of nitrogens with zero attached hydrogens (tertiary/aromatic N) is 2. The predicted molar refractivity (Wildman–Crippen MR) is 181 cm³/mol. The Morgan fingerprint density at radius 3 is 2.23 bits per heavy atom. The van der Waals surface area contributed by atoms with Gasteiger partial charge in [0.1, 0.15) is 5.60 Å². The maximum atomic E-state index is 12.5. The predicted octanol–water partition coefficient (Wildman–Crippen LogP) is 9.15. The summed E-state index contributed by atoms with van der Waals surface area (Å²) >= 11 is 0. The van der Waals surface area contributed by atoms with Gasteiger partial charge in [0, 0.05) is 24.5 Å². The second-order valence-corrected chi connectivity index (χ2v) is 21.9. The maximum Gasteiger partial charge on any atom is 0.410 e. The van der Waals surface area contributed by atoms with Crippen LogP contribution >= 0.6 is 0 Å². The zero-order valence-corrected chi connectivity index (χ0v) is 30.3. The summed E-state index contributed by atoms with van der Waals surface area (Å²) in [6, 6.07) is 3.19. The van der Waals surface area contributed by atoms with E-state index >= 15 is 0 Å². The Morgan fingerprint density at radius 1 is 0.977 bits per heavy atom. The smallest absolute Gasteiger partial charge is 0.410 e. The number of aryl methyl sites for hydroxylation is 1. The van der Waals surface area contributed by atoms with Gasteiger partial charge in [-0.25, -0.2) is 4.79 Å². The molecule has 4 aliphatic rings. The summed E-state index contributed by atoms with van der Waals surface area (Å²) < 4.78 is 12.5. The summed E-state index contributed by atoms with van der Waals surface area (Å²) in [6.45, 7) is 28.7. The molecule has 0 N–H and O–H groups in total. The minimum atomic E-state index is -1.79. The van der Waals surface area contributed by atoms with E-state index in [1.165, 1.54) is 67.5 Å². The third-order valence-electron chi connectivity index (χ3n) is 11.7. The van der Waals surface area contributed by atoms with Crippen molar-refractivity contribution >= 4 is 20.0 Å². The van der Waals surface area contributed by atoms with Gasteiger partial charge in [0.15, 0.2) is 8.32 Å². The number of hydrogen-bond donors (Lipinski definition) is 0. The van der Waals surface area contributed by atoms with E-state index in [4.69, 9.17) is 9.16 Å². The topological polar surface area (TPSA) is 42.0 Å². The molecular formula is C37H60N2O3Si.